The topological polar surface area (TPSA) is 85.8 Å². The van der Waals surface area contributed by atoms with Crippen LogP contribution in [-0.4, -0.2) is 52.8 Å². The maximum absolute atomic E-state index is 15.8. The van der Waals surface area contributed by atoms with E-state index in [9.17, 15) is 14.7 Å². The molecule has 0 unspecified atom stereocenters. The summed E-state index contributed by atoms with van der Waals surface area (Å²) in [7, 11) is 0. The smallest absolute Gasteiger partial charge is 0.309 e. The van der Waals surface area contributed by atoms with Crippen LogP contribution < -0.4 is 15.1 Å². The Morgan fingerprint density at radius 2 is 1.57 bits per heavy atom. The monoisotopic (exact) mass is 636 g/mol. The van der Waals surface area contributed by atoms with E-state index >= 15 is 4.39 Å². The summed E-state index contributed by atoms with van der Waals surface area (Å²) >= 11 is 12.8. The van der Waals surface area contributed by atoms with Crippen LogP contribution in [0.15, 0.2) is 54.7 Å². The Hall–Kier alpha value is -3.20. The lowest BCUT2D eigenvalue weighted by molar-refractivity contribution is -0.156. The molecule has 10 heteroatoms. The van der Waals surface area contributed by atoms with Crippen LogP contribution in [0.1, 0.15) is 58.1 Å². The fourth-order valence-electron chi connectivity index (χ4n) is 7.67. The molecule has 3 aromatic rings. The van der Waals surface area contributed by atoms with E-state index in [1.165, 1.54) is 0 Å². The van der Waals surface area contributed by atoms with Crippen LogP contribution in [0.4, 0.5) is 21.5 Å². The van der Waals surface area contributed by atoms with Crippen molar-refractivity contribution in [3.8, 4) is 11.1 Å². The molecule has 3 aliphatic carbocycles. The van der Waals surface area contributed by atoms with Gasteiger partial charge in [0.15, 0.2) is 5.67 Å². The summed E-state index contributed by atoms with van der Waals surface area (Å²) in [5.41, 5.74) is 1.42. The largest absolute Gasteiger partial charge is 0.481 e. The Kier molecular flexibility index (Phi) is 6.81. The number of pyridine rings is 1. The van der Waals surface area contributed by atoms with Crippen LogP contribution in [0, 0.1) is 5.41 Å². The van der Waals surface area contributed by atoms with Gasteiger partial charge < -0.3 is 15.3 Å². The minimum atomic E-state index is -1.35. The van der Waals surface area contributed by atoms with Gasteiger partial charge in [-0.15, -0.1) is 0 Å². The molecular formula is C34H35Cl2FN4O3. The molecule has 2 aromatic carbocycles. The number of aromatic nitrogens is 1. The van der Waals surface area contributed by atoms with Crippen molar-refractivity contribution in [2.75, 3.05) is 29.4 Å². The van der Waals surface area contributed by atoms with Crippen molar-refractivity contribution in [1.29, 1.82) is 0 Å². The van der Waals surface area contributed by atoms with Crippen molar-refractivity contribution in [2.24, 2.45) is 5.41 Å². The van der Waals surface area contributed by atoms with E-state index in [0.29, 0.717) is 46.4 Å². The van der Waals surface area contributed by atoms with E-state index in [2.05, 4.69) is 10.3 Å². The molecule has 2 bridgehead atoms. The Morgan fingerprint density at radius 3 is 2.20 bits per heavy atom. The van der Waals surface area contributed by atoms with Gasteiger partial charge in [0.1, 0.15) is 0 Å². The van der Waals surface area contributed by atoms with E-state index in [0.717, 1.165) is 36.1 Å². The molecule has 230 valence electrons. The highest BCUT2D eigenvalue weighted by atomic mass is 35.5. The number of carbonyl (C=O) groups excluding carboxylic acids is 1. The van der Waals surface area contributed by atoms with E-state index in [1.54, 1.807) is 23.2 Å². The number of nitrogens with one attached hydrogen (secondary N) is 1. The number of benzene rings is 2. The van der Waals surface area contributed by atoms with Gasteiger partial charge in [0.2, 0.25) is 5.91 Å². The van der Waals surface area contributed by atoms with Gasteiger partial charge in [0.25, 0.3) is 0 Å². The molecule has 1 amide bonds. The number of halogens is 3. The third kappa shape index (κ3) is 4.68. The highest BCUT2D eigenvalue weighted by molar-refractivity contribution is 6.32. The van der Waals surface area contributed by atoms with Crippen LogP contribution in [0.2, 0.25) is 10.0 Å². The molecule has 5 aliphatic rings. The van der Waals surface area contributed by atoms with Gasteiger partial charge in [-0.3, -0.25) is 19.5 Å². The summed E-state index contributed by atoms with van der Waals surface area (Å²) in [6.07, 6.45) is 5.92. The quantitative estimate of drug-likeness (QED) is 0.295. The fraction of sp³-hybridized carbons (Fsp3) is 0.441. The number of amides is 1. The van der Waals surface area contributed by atoms with Crippen molar-refractivity contribution in [1.82, 2.24) is 10.3 Å². The average molecular weight is 638 g/mol. The Morgan fingerprint density at radius 1 is 0.932 bits per heavy atom. The van der Waals surface area contributed by atoms with Crippen molar-refractivity contribution in [3.63, 3.8) is 0 Å². The Balaban J connectivity index is 1.08. The number of anilines is 3. The molecule has 0 atom stereocenters. The van der Waals surface area contributed by atoms with Gasteiger partial charge in [0.05, 0.1) is 40.3 Å². The predicted molar refractivity (Wildman–Crippen MR) is 171 cm³/mol. The Bertz CT molecular complexity index is 1650. The van der Waals surface area contributed by atoms with Crippen LogP contribution in [0.5, 0.6) is 0 Å². The first-order valence-electron chi connectivity index (χ1n) is 15.2. The second-order valence-corrected chi connectivity index (χ2v) is 14.6. The molecule has 44 heavy (non-hydrogen) atoms. The summed E-state index contributed by atoms with van der Waals surface area (Å²) in [6, 6.07) is 14.9. The minimum Gasteiger partial charge on any atom is -0.481 e. The van der Waals surface area contributed by atoms with Crippen LogP contribution in [-0.2, 0) is 15.0 Å². The van der Waals surface area contributed by atoms with Crippen molar-refractivity contribution in [3.05, 3.63) is 70.5 Å². The highest BCUT2D eigenvalue weighted by Gasteiger charge is 2.54. The third-order valence-corrected chi connectivity index (χ3v) is 11.0. The molecule has 0 radical (unpaired) electrons. The zero-order chi connectivity index (χ0) is 31.1. The summed E-state index contributed by atoms with van der Waals surface area (Å²) < 4.78 is 15.8. The third-order valence-electron chi connectivity index (χ3n) is 10.6. The first kappa shape index (κ1) is 29.5. The molecule has 0 spiro atoms. The molecule has 7 nitrogen and oxygen atoms in total. The summed E-state index contributed by atoms with van der Waals surface area (Å²) in [4.78, 5) is 34.2. The van der Waals surface area contributed by atoms with Gasteiger partial charge >= 0.3 is 5.97 Å². The number of hydrogen-bond donors (Lipinski definition) is 2. The second kappa shape index (κ2) is 10.2. The van der Waals surface area contributed by atoms with Gasteiger partial charge in [-0.25, -0.2) is 4.39 Å². The lowest BCUT2D eigenvalue weighted by Gasteiger charge is -2.54. The van der Waals surface area contributed by atoms with E-state index in [4.69, 9.17) is 23.2 Å². The van der Waals surface area contributed by atoms with E-state index in [1.807, 2.05) is 55.1 Å². The zero-order valence-electron chi connectivity index (χ0n) is 24.8. The maximum Gasteiger partial charge on any atom is 0.309 e. The van der Waals surface area contributed by atoms with Crippen LogP contribution in [0.25, 0.3) is 11.1 Å². The van der Waals surface area contributed by atoms with Crippen LogP contribution >= 0.6 is 23.2 Å². The number of fused-ring (bicyclic) bond motifs is 6. The summed E-state index contributed by atoms with van der Waals surface area (Å²) in [5.74, 6) is -0.831. The van der Waals surface area contributed by atoms with Crippen LogP contribution in [0.3, 0.4) is 0 Å². The molecule has 4 fully saturated rings. The number of carbonyl (C=O) groups is 2. The number of rotatable bonds is 6. The number of nitrogens with zero attached hydrogens (tertiary/aromatic N) is 3. The number of alkyl halides is 1. The summed E-state index contributed by atoms with van der Waals surface area (Å²) in [6.45, 7) is 4.52. The second-order valence-electron chi connectivity index (χ2n) is 13.7. The van der Waals surface area contributed by atoms with Gasteiger partial charge in [-0.05, 0) is 94.8 Å². The van der Waals surface area contributed by atoms with Crippen molar-refractivity contribution in [2.45, 2.75) is 69.0 Å². The molecular weight excluding hydrogens is 602 g/mol. The summed E-state index contributed by atoms with van der Waals surface area (Å²) in [5, 5.41) is 14.2. The van der Waals surface area contributed by atoms with Gasteiger partial charge in [0, 0.05) is 45.8 Å². The van der Waals surface area contributed by atoms with E-state index in [-0.39, 0.29) is 31.1 Å². The van der Waals surface area contributed by atoms with Crippen molar-refractivity contribution < 1.29 is 19.1 Å². The number of carboxylic acid groups (broad SMARTS) is 1. The number of carboxylic acids is 1. The van der Waals surface area contributed by atoms with Crippen molar-refractivity contribution >= 4 is 52.1 Å². The zero-order valence-corrected chi connectivity index (χ0v) is 26.3. The lowest BCUT2D eigenvalue weighted by atomic mass is 9.57. The standard InChI is InChI=1S/C34H35Cl2FN4O3/c1-31(2)28-26(15-22(36)17-38-28)25-8-3-21(35)16-27(25)41(29(31)42)24-6-4-23(5-7-24)40-19-33(37,20-40)18-39-34-12-9-32(10-13-34,11-14-34)30(43)44/h3-8,15-17,39H,9-14,18-20H2,1-2H3,(H,43,44). The normalized spacial score (nSPS) is 26.4. The van der Waals surface area contributed by atoms with Gasteiger partial charge in [-0.1, -0.05) is 29.3 Å². The molecule has 8 rings (SSSR count). The molecule has 2 N–H and O–H groups in total. The molecule has 3 heterocycles. The molecule has 1 aromatic heterocycles. The first-order valence-corrected chi connectivity index (χ1v) is 15.9. The highest BCUT2D eigenvalue weighted by Crippen LogP contribution is 2.53. The lowest BCUT2D eigenvalue weighted by Crippen LogP contribution is -2.67. The first-order chi connectivity index (χ1) is 20.8. The molecule has 1 saturated heterocycles. The number of aliphatic carboxylic acids is 1. The minimum absolute atomic E-state index is 0.147. The predicted octanol–water partition coefficient (Wildman–Crippen LogP) is 7.31. The SMILES string of the molecule is CC1(C)C(=O)N(c2ccc(N3CC(F)(CNC45CCC(C(=O)O)(CC4)CC5)C3)cc2)c2cc(Cl)ccc2-c2cc(Cl)cnc21. The molecule has 2 aliphatic heterocycles. The fourth-order valence-corrected chi connectivity index (χ4v) is 7.99. The number of hydrogen-bond acceptors (Lipinski definition) is 5. The van der Waals surface area contributed by atoms with Gasteiger partial charge in [-0.2, -0.15) is 0 Å². The maximum atomic E-state index is 15.8. The molecule has 3 saturated carbocycles. The van der Waals surface area contributed by atoms with E-state index < -0.39 is 22.5 Å². The Labute approximate surface area is 266 Å². The average Bonchev–Trinajstić information content (AvgIpc) is 3.06.